The average Bonchev–Trinajstić information content (AvgIpc) is 2.62. The van der Waals surface area contributed by atoms with Gasteiger partial charge in [-0.1, -0.05) is 27.7 Å². The molecule has 164 valence electrons. The first-order valence-electron chi connectivity index (χ1n) is 9.30. The maximum atomic E-state index is 12.1. The van der Waals surface area contributed by atoms with Gasteiger partial charge in [-0.15, -0.1) is 0 Å². The highest BCUT2D eigenvalue weighted by Crippen LogP contribution is 2.23. The van der Waals surface area contributed by atoms with Gasteiger partial charge in [-0.3, -0.25) is 0 Å². The molecule has 0 aromatic heterocycles. The van der Waals surface area contributed by atoms with Crippen LogP contribution in [0.15, 0.2) is 0 Å². The number of aliphatic hydroxyl groups is 2. The van der Waals surface area contributed by atoms with Crippen LogP contribution in [-0.4, -0.2) is 89.6 Å². The Morgan fingerprint density at radius 1 is 0.593 bits per heavy atom. The minimum atomic E-state index is -0.588. The van der Waals surface area contributed by atoms with E-state index in [0.717, 1.165) is 0 Å². The Kier molecular flexibility index (Phi) is 13.5. The van der Waals surface area contributed by atoms with Crippen LogP contribution >= 0.6 is 0 Å². The summed E-state index contributed by atoms with van der Waals surface area (Å²) >= 11 is 0. The third-order valence-electron chi connectivity index (χ3n) is 3.99. The first-order valence-corrected chi connectivity index (χ1v) is 9.30. The molecule has 2 N–H and O–H groups in total. The van der Waals surface area contributed by atoms with Crippen LogP contribution < -0.4 is 0 Å². The van der Waals surface area contributed by atoms with E-state index in [2.05, 4.69) is 0 Å². The van der Waals surface area contributed by atoms with Gasteiger partial charge in [0.1, 0.15) is 13.3 Å². The quantitative estimate of drug-likeness (QED) is 0.343. The van der Waals surface area contributed by atoms with Gasteiger partial charge < -0.3 is 29.2 Å². The molecule has 8 heteroatoms. The van der Waals surface area contributed by atoms with Crippen LogP contribution in [0.5, 0.6) is 0 Å². The number of ether oxygens (including phenoxy) is 4. The molecular formula is C19H38F2O6. The van der Waals surface area contributed by atoms with Crippen LogP contribution in [0.4, 0.5) is 8.78 Å². The number of halogens is 2. The van der Waals surface area contributed by atoms with Crippen molar-refractivity contribution in [1.29, 1.82) is 0 Å². The fourth-order valence-corrected chi connectivity index (χ4v) is 2.20. The fraction of sp³-hybridized carbons (Fsp3) is 1.00. The van der Waals surface area contributed by atoms with Crippen molar-refractivity contribution in [2.24, 2.45) is 16.2 Å². The molecule has 6 nitrogen and oxygen atoms in total. The lowest BCUT2D eigenvalue weighted by Gasteiger charge is -2.32. The van der Waals surface area contributed by atoms with Crippen molar-refractivity contribution in [3.63, 3.8) is 0 Å². The highest BCUT2D eigenvalue weighted by Gasteiger charge is 2.28. The third kappa shape index (κ3) is 12.6. The second-order valence-corrected chi connectivity index (χ2v) is 8.57. The molecule has 27 heavy (non-hydrogen) atoms. The van der Waals surface area contributed by atoms with Gasteiger partial charge in [0.05, 0.1) is 66.1 Å². The molecule has 0 radical (unpaired) electrons. The van der Waals surface area contributed by atoms with E-state index in [0.29, 0.717) is 13.2 Å². The summed E-state index contributed by atoms with van der Waals surface area (Å²) in [6.07, 6.45) is 0. The summed E-state index contributed by atoms with van der Waals surface area (Å²) in [7, 11) is 0. The second-order valence-electron chi connectivity index (χ2n) is 8.57. The summed E-state index contributed by atoms with van der Waals surface area (Å²) in [5.74, 6) is 0. The summed E-state index contributed by atoms with van der Waals surface area (Å²) in [5.41, 5.74) is -1.46. The van der Waals surface area contributed by atoms with Gasteiger partial charge in [0.2, 0.25) is 0 Å². The number of alkyl halides is 2. The zero-order valence-electron chi connectivity index (χ0n) is 17.3. The number of hydrogen-bond acceptors (Lipinski definition) is 6. The molecule has 0 saturated carbocycles. The fourth-order valence-electron chi connectivity index (χ4n) is 2.20. The van der Waals surface area contributed by atoms with Crippen molar-refractivity contribution < 1.29 is 37.9 Å². The molecule has 2 atom stereocenters. The lowest BCUT2D eigenvalue weighted by molar-refractivity contribution is -0.0858. The molecule has 0 saturated heterocycles. The number of hydrogen-bond donors (Lipinski definition) is 2. The molecule has 0 amide bonds. The lowest BCUT2D eigenvalue weighted by atomic mass is 9.92. The maximum absolute atomic E-state index is 12.1. The summed E-state index contributed by atoms with van der Waals surface area (Å²) in [5, 5.41) is 19.0. The Morgan fingerprint density at radius 3 is 1.22 bits per heavy atom. The normalized spacial score (nSPS) is 16.9. The van der Waals surface area contributed by atoms with E-state index in [-0.39, 0.29) is 58.3 Å². The minimum absolute atomic E-state index is 0.00753. The number of rotatable bonds is 18. The molecule has 0 fully saturated rings. The largest absolute Gasteiger partial charge is 0.396 e. The van der Waals surface area contributed by atoms with Gasteiger partial charge >= 0.3 is 0 Å². The predicted molar refractivity (Wildman–Crippen MR) is 99.4 cm³/mol. The van der Waals surface area contributed by atoms with Gasteiger partial charge in [0.25, 0.3) is 0 Å². The van der Waals surface area contributed by atoms with Gasteiger partial charge in [0, 0.05) is 16.2 Å². The van der Waals surface area contributed by atoms with Crippen LogP contribution in [-0.2, 0) is 18.9 Å². The minimum Gasteiger partial charge on any atom is -0.396 e. The lowest BCUT2D eigenvalue weighted by Crippen LogP contribution is -2.37. The van der Waals surface area contributed by atoms with Crippen LogP contribution in [0, 0.1) is 16.2 Å². The van der Waals surface area contributed by atoms with Crippen LogP contribution in [0.1, 0.15) is 27.7 Å². The molecule has 0 aromatic rings. The molecule has 0 aliphatic heterocycles. The summed E-state index contributed by atoms with van der Waals surface area (Å²) in [6.45, 7) is 8.08. The van der Waals surface area contributed by atoms with E-state index >= 15 is 0 Å². The SMILES string of the molecule is CC(C)(COCC(C)(CO)COCCF)COCC(C)(CO)COCCF. The molecule has 0 spiro atoms. The van der Waals surface area contributed by atoms with Crippen molar-refractivity contribution in [3.05, 3.63) is 0 Å². The molecule has 0 rings (SSSR count). The van der Waals surface area contributed by atoms with Crippen molar-refractivity contribution in [2.75, 3.05) is 79.4 Å². The monoisotopic (exact) mass is 400 g/mol. The number of aliphatic hydroxyl groups excluding tert-OH is 2. The predicted octanol–water partition coefficient (Wildman–Crippen LogP) is 2.02. The summed E-state index contributed by atoms with van der Waals surface area (Å²) in [6, 6.07) is 0. The van der Waals surface area contributed by atoms with E-state index in [1.54, 1.807) is 0 Å². The first-order chi connectivity index (χ1) is 12.7. The molecule has 0 aromatic carbocycles. The standard InChI is InChI=1S/C19H38F2O6/c1-17(2,11-26-15-18(3,9-22)13-24-7-5-20)12-27-16-19(4,10-23)14-25-8-6-21/h22-23H,5-16H2,1-4H3. The Bertz CT molecular complexity index is 340. The highest BCUT2D eigenvalue weighted by atomic mass is 19.1. The Morgan fingerprint density at radius 2 is 0.926 bits per heavy atom. The molecule has 2 unspecified atom stereocenters. The van der Waals surface area contributed by atoms with E-state index in [4.69, 9.17) is 18.9 Å². The topological polar surface area (TPSA) is 77.4 Å². The smallest absolute Gasteiger partial charge is 0.113 e. The van der Waals surface area contributed by atoms with E-state index in [1.165, 1.54) is 0 Å². The summed E-state index contributed by atoms with van der Waals surface area (Å²) < 4.78 is 46.1. The highest BCUT2D eigenvalue weighted by molar-refractivity contribution is 4.76. The summed E-state index contributed by atoms with van der Waals surface area (Å²) in [4.78, 5) is 0. The van der Waals surface area contributed by atoms with Crippen LogP contribution in [0.3, 0.4) is 0 Å². The first kappa shape index (κ1) is 26.6. The van der Waals surface area contributed by atoms with Gasteiger partial charge in [0.15, 0.2) is 0 Å². The molecule has 0 aliphatic rings. The van der Waals surface area contributed by atoms with Crippen molar-refractivity contribution >= 4 is 0 Å². The molecule has 0 aliphatic carbocycles. The third-order valence-corrected chi connectivity index (χ3v) is 3.99. The van der Waals surface area contributed by atoms with Crippen molar-refractivity contribution in [1.82, 2.24) is 0 Å². The van der Waals surface area contributed by atoms with Crippen molar-refractivity contribution in [3.8, 4) is 0 Å². The maximum Gasteiger partial charge on any atom is 0.113 e. The Labute approximate surface area is 162 Å². The Hall–Kier alpha value is -0.380. The molecule has 0 heterocycles. The van der Waals surface area contributed by atoms with E-state index < -0.39 is 24.2 Å². The molecule has 0 bridgehead atoms. The van der Waals surface area contributed by atoms with Crippen LogP contribution in [0.25, 0.3) is 0 Å². The van der Waals surface area contributed by atoms with Gasteiger partial charge in [-0.25, -0.2) is 8.78 Å². The zero-order valence-corrected chi connectivity index (χ0v) is 17.3. The van der Waals surface area contributed by atoms with Crippen molar-refractivity contribution in [2.45, 2.75) is 27.7 Å². The van der Waals surface area contributed by atoms with Gasteiger partial charge in [-0.05, 0) is 0 Å². The van der Waals surface area contributed by atoms with E-state index in [1.807, 2.05) is 27.7 Å². The van der Waals surface area contributed by atoms with Crippen LogP contribution in [0.2, 0.25) is 0 Å². The average molecular weight is 401 g/mol. The zero-order chi connectivity index (χ0) is 20.8. The second kappa shape index (κ2) is 13.7. The Balaban J connectivity index is 4.24. The molecular weight excluding hydrogens is 362 g/mol. The van der Waals surface area contributed by atoms with Gasteiger partial charge in [-0.2, -0.15) is 0 Å². The van der Waals surface area contributed by atoms with E-state index in [9.17, 15) is 19.0 Å².